The van der Waals surface area contributed by atoms with Crippen molar-refractivity contribution in [2.45, 2.75) is 39.7 Å². The van der Waals surface area contributed by atoms with Crippen LogP contribution in [0.2, 0.25) is 0 Å². The van der Waals surface area contributed by atoms with E-state index in [-0.39, 0.29) is 12.0 Å². The minimum atomic E-state index is 0.0865. The first-order chi connectivity index (χ1) is 11.6. The molecule has 124 valence electrons. The van der Waals surface area contributed by atoms with Gasteiger partial charge in [0.15, 0.2) is 5.82 Å². The van der Waals surface area contributed by atoms with Gasteiger partial charge in [0.05, 0.1) is 11.8 Å². The van der Waals surface area contributed by atoms with Gasteiger partial charge in [-0.3, -0.25) is 4.40 Å². The number of hydrogen-bond acceptors (Lipinski definition) is 4. The van der Waals surface area contributed by atoms with Gasteiger partial charge in [0.25, 0.3) is 0 Å². The zero-order valence-electron chi connectivity index (χ0n) is 14.5. The van der Waals surface area contributed by atoms with E-state index in [0.29, 0.717) is 5.69 Å². The second-order valence-corrected chi connectivity index (χ2v) is 6.24. The molecule has 0 unspecified atom stereocenters. The van der Waals surface area contributed by atoms with Gasteiger partial charge in [0, 0.05) is 6.20 Å². The first kappa shape index (κ1) is 16.2. The third-order valence-electron chi connectivity index (χ3n) is 3.56. The molecule has 5 heteroatoms. The molecule has 3 rings (SSSR count). The van der Waals surface area contributed by atoms with Crippen molar-refractivity contribution in [3.8, 4) is 5.75 Å². The van der Waals surface area contributed by atoms with E-state index in [4.69, 9.17) is 4.74 Å². The van der Waals surface area contributed by atoms with Crippen LogP contribution in [0, 0.1) is 0 Å². The van der Waals surface area contributed by atoms with Crippen LogP contribution in [0.5, 0.6) is 5.75 Å². The lowest BCUT2D eigenvalue weighted by molar-refractivity contribution is 0.243. The summed E-state index contributed by atoms with van der Waals surface area (Å²) in [5.74, 6) is 1.76. The Morgan fingerprint density at radius 3 is 2.46 bits per heavy atom. The third kappa shape index (κ3) is 3.30. The summed E-state index contributed by atoms with van der Waals surface area (Å²) in [5, 5.41) is 8.93. The van der Waals surface area contributed by atoms with E-state index >= 15 is 0 Å². The van der Waals surface area contributed by atoms with Crippen molar-refractivity contribution >= 4 is 17.2 Å². The Morgan fingerprint density at radius 1 is 0.958 bits per heavy atom. The maximum Gasteiger partial charge on any atom is 0.183 e. The van der Waals surface area contributed by atoms with E-state index in [9.17, 15) is 0 Å². The van der Waals surface area contributed by atoms with Crippen molar-refractivity contribution < 1.29 is 4.74 Å². The SMILES string of the molecule is CC(C)Oc1ccccc1N=Nc1c(C(C)C)nc2ccccn12. The largest absolute Gasteiger partial charge is 0.489 e. The van der Waals surface area contributed by atoms with Crippen LogP contribution in [-0.4, -0.2) is 15.5 Å². The lowest BCUT2D eigenvalue weighted by atomic mass is 10.1. The third-order valence-corrected chi connectivity index (χ3v) is 3.56. The van der Waals surface area contributed by atoms with Crippen molar-refractivity contribution in [1.82, 2.24) is 9.38 Å². The van der Waals surface area contributed by atoms with Crippen LogP contribution in [0.4, 0.5) is 11.5 Å². The van der Waals surface area contributed by atoms with Crippen LogP contribution in [-0.2, 0) is 0 Å². The monoisotopic (exact) mass is 322 g/mol. The second kappa shape index (κ2) is 6.83. The summed E-state index contributed by atoms with van der Waals surface area (Å²) in [6.45, 7) is 8.21. The molecule has 0 spiro atoms. The predicted octanol–water partition coefficient (Wildman–Crippen LogP) is 5.66. The van der Waals surface area contributed by atoms with E-state index in [1.54, 1.807) is 0 Å². The van der Waals surface area contributed by atoms with Crippen LogP contribution in [0.3, 0.4) is 0 Å². The first-order valence-electron chi connectivity index (χ1n) is 8.20. The van der Waals surface area contributed by atoms with Gasteiger partial charge >= 0.3 is 0 Å². The molecular formula is C19H22N4O. The minimum absolute atomic E-state index is 0.0865. The second-order valence-electron chi connectivity index (χ2n) is 6.24. The van der Waals surface area contributed by atoms with Gasteiger partial charge in [-0.1, -0.05) is 32.0 Å². The number of benzene rings is 1. The molecule has 5 nitrogen and oxygen atoms in total. The van der Waals surface area contributed by atoms with Crippen molar-refractivity contribution in [2.75, 3.05) is 0 Å². The van der Waals surface area contributed by atoms with Crippen LogP contribution >= 0.6 is 0 Å². The van der Waals surface area contributed by atoms with Crippen LogP contribution in [0.15, 0.2) is 58.9 Å². The van der Waals surface area contributed by atoms with Gasteiger partial charge in [-0.15, -0.1) is 10.2 Å². The molecule has 0 aliphatic rings. The molecule has 2 heterocycles. The summed E-state index contributed by atoms with van der Waals surface area (Å²) in [5.41, 5.74) is 2.53. The highest BCUT2D eigenvalue weighted by molar-refractivity contribution is 5.55. The van der Waals surface area contributed by atoms with Crippen LogP contribution in [0.25, 0.3) is 5.65 Å². The van der Waals surface area contributed by atoms with Crippen molar-refractivity contribution in [2.24, 2.45) is 10.2 Å². The zero-order chi connectivity index (χ0) is 17.1. The van der Waals surface area contributed by atoms with E-state index in [2.05, 4.69) is 29.1 Å². The van der Waals surface area contributed by atoms with Crippen LogP contribution < -0.4 is 4.74 Å². The Morgan fingerprint density at radius 2 is 1.71 bits per heavy atom. The van der Waals surface area contributed by atoms with Gasteiger partial charge in [-0.2, -0.15) is 0 Å². The number of hydrogen-bond donors (Lipinski definition) is 0. The smallest absolute Gasteiger partial charge is 0.183 e. The molecule has 3 aromatic rings. The number of fused-ring (bicyclic) bond motifs is 1. The lowest BCUT2D eigenvalue weighted by Crippen LogP contribution is -2.05. The normalized spacial score (nSPS) is 11.9. The molecule has 2 aromatic heterocycles. The quantitative estimate of drug-likeness (QED) is 0.569. The van der Waals surface area contributed by atoms with Gasteiger partial charge in [0.2, 0.25) is 0 Å². The lowest BCUT2D eigenvalue weighted by Gasteiger charge is -2.11. The Bertz CT molecular complexity index is 865. The number of imidazole rings is 1. The number of azo groups is 1. The fourth-order valence-electron chi connectivity index (χ4n) is 2.48. The van der Waals surface area contributed by atoms with Gasteiger partial charge in [0.1, 0.15) is 17.1 Å². The summed E-state index contributed by atoms with van der Waals surface area (Å²) < 4.78 is 7.77. The average Bonchev–Trinajstić information content (AvgIpc) is 2.92. The number of aromatic nitrogens is 2. The van der Waals surface area contributed by atoms with Crippen molar-refractivity contribution in [1.29, 1.82) is 0 Å². The highest BCUT2D eigenvalue weighted by Gasteiger charge is 2.15. The Balaban J connectivity index is 2.04. The standard InChI is InChI=1S/C19H22N4O/c1-13(2)18-19(23-12-8-7-11-17(23)20-18)22-21-15-9-5-6-10-16(15)24-14(3)4/h5-14H,1-4H3. The van der Waals surface area contributed by atoms with E-state index < -0.39 is 0 Å². The summed E-state index contributed by atoms with van der Waals surface area (Å²) in [7, 11) is 0. The van der Waals surface area contributed by atoms with E-state index in [1.165, 1.54) is 0 Å². The molecule has 0 fully saturated rings. The molecule has 0 N–H and O–H groups in total. The number of para-hydroxylation sites is 1. The predicted molar refractivity (Wildman–Crippen MR) is 95.7 cm³/mol. The molecule has 24 heavy (non-hydrogen) atoms. The van der Waals surface area contributed by atoms with Crippen molar-refractivity contribution in [3.63, 3.8) is 0 Å². The Kier molecular flexibility index (Phi) is 4.60. The van der Waals surface area contributed by atoms with Gasteiger partial charge in [-0.05, 0) is 44.0 Å². The molecule has 0 aliphatic heterocycles. The summed E-state index contributed by atoms with van der Waals surface area (Å²) in [4.78, 5) is 4.67. The Hall–Kier alpha value is -2.69. The van der Waals surface area contributed by atoms with Gasteiger partial charge < -0.3 is 4.74 Å². The fourth-order valence-corrected chi connectivity index (χ4v) is 2.48. The van der Waals surface area contributed by atoms with E-state index in [1.807, 2.05) is 66.9 Å². The molecule has 0 amide bonds. The summed E-state index contributed by atoms with van der Waals surface area (Å²) >= 11 is 0. The molecule has 0 saturated carbocycles. The van der Waals surface area contributed by atoms with Crippen LogP contribution in [0.1, 0.15) is 39.3 Å². The molecule has 0 atom stereocenters. The fraction of sp³-hybridized carbons (Fsp3) is 0.316. The topological polar surface area (TPSA) is 51.2 Å². The van der Waals surface area contributed by atoms with Crippen molar-refractivity contribution in [3.05, 3.63) is 54.4 Å². The zero-order valence-corrected chi connectivity index (χ0v) is 14.5. The summed E-state index contributed by atoms with van der Waals surface area (Å²) in [6, 6.07) is 13.6. The minimum Gasteiger partial charge on any atom is -0.489 e. The maximum absolute atomic E-state index is 5.80. The number of ether oxygens (including phenoxy) is 1. The molecular weight excluding hydrogens is 300 g/mol. The molecule has 0 saturated heterocycles. The Labute approximate surface area is 142 Å². The molecule has 0 bridgehead atoms. The molecule has 1 aromatic carbocycles. The first-order valence-corrected chi connectivity index (χ1v) is 8.20. The highest BCUT2D eigenvalue weighted by Crippen LogP contribution is 2.32. The van der Waals surface area contributed by atoms with E-state index in [0.717, 1.165) is 22.9 Å². The summed E-state index contributed by atoms with van der Waals surface area (Å²) in [6.07, 6.45) is 2.04. The number of rotatable bonds is 5. The van der Waals surface area contributed by atoms with Gasteiger partial charge in [-0.25, -0.2) is 4.98 Å². The average molecular weight is 322 g/mol. The molecule has 0 aliphatic carbocycles. The number of nitrogens with zero attached hydrogens (tertiary/aromatic N) is 4. The molecule has 0 radical (unpaired) electrons. The number of pyridine rings is 1. The maximum atomic E-state index is 5.80. The highest BCUT2D eigenvalue weighted by atomic mass is 16.5.